The van der Waals surface area contributed by atoms with Crippen molar-refractivity contribution in [3.8, 4) is 0 Å². The van der Waals surface area contributed by atoms with Crippen molar-refractivity contribution >= 4 is 35.2 Å². The molecule has 0 bridgehead atoms. The van der Waals surface area contributed by atoms with Crippen molar-refractivity contribution in [2.75, 3.05) is 5.32 Å². The molecular formula is C18H22N6O3. The summed E-state index contributed by atoms with van der Waals surface area (Å²) in [4.78, 5) is 44.4. The van der Waals surface area contributed by atoms with Crippen molar-refractivity contribution in [2.45, 2.75) is 52.0 Å². The molecule has 1 aliphatic carbocycles. The Balaban J connectivity index is 1.75. The van der Waals surface area contributed by atoms with Gasteiger partial charge in [-0.25, -0.2) is 4.99 Å². The molecule has 9 heteroatoms. The van der Waals surface area contributed by atoms with E-state index in [4.69, 9.17) is 0 Å². The van der Waals surface area contributed by atoms with Gasteiger partial charge in [0.1, 0.15) is 5.82 Å². The molecule has 2 aliphatic rings. The molecule has 0 spiro atoms. The topological polar surface area (TPSA) is 118 Å². The third-order valence-electron chi connectivity index (χ3n) is 4.57. The van der Waals surface area contributed by atoms with Crippen LogP contribution in [-0.4, -0.2) is 45.2 Å². The molecule has 1 aliphatic heterocycles. The highest BCUT2D eigenvalue weighted by Crippen LogP contribution is 2.18. The van der Waals surface area contributed by atoms with Gasteiger partial charge in [-0.15, -0.1) is 0 Å². The van der Waals surface area contributed by atoms with Crippen LogP contribution in [0.3, 0.4) is 0 Å². The van der Waals surface area contributed by atoms with Gasteiger partial charge in [-0.2, -0.15) is 14.8 Å². The number of aryl methyl sites for hydroxylation is 1. The number of amides is 3. The minimum Gasteiger partial charge on any atom is -0.345 e. The van der Waals surface area contributed by atoms with Gasteiger partial charge < -0.3 is 10.6 Å². The van der Waals surface area contributed by atoms with Crippen molar-refractivity contribution in [3.05, 3.63) is 23.9 Å². The van der Waals surface area contributed by atoms with Crippen molar-refractivity contribution in [3.63, 3.8) is 0 Å². The predicted octanol–water partition coefficient (Wildman–Crippen LogP) is 1.34. The first-order valence-electron chi connectivity index (χ1n) is 8.91. The van der Waals surface area contributed by atoms with Gasteiger partial charge in [0.15, 0.2) is 0 Å². The zero-order valence-electron chi connectivity index (χ0n) is 15.4. The number of aliphatic imine (C=N–C) groups is 2. The second-order valence-electron chi connectivity index (χ2n) is 6.74. The number of carbonyl (C=O) groups is 3. The van der Waals surface area contributed by atoms with Crippen LogP contribution in [0, 0.1) is 6.92 Å². The highest BCUT2D eigenvalue weighted by molar-refractivity contribution is 6.39. The number of nitrogens with zero attached hydrogens (tertiary/aromatic N) is 4. The van der Waals surface area contributed by atoms with E-state index in [0.717, 1.165) is 32.1 Å². The molecule has 1 fully saturated rings. The summed E-state index contributed by atoms with van der Waals surface area (Å²) in [5, 5.41) is 9.49. The molecule has 27 heavy (non-hydrogen) atoms. The van der Waals surface area contributed by atoms with Crippen LogP contribution in [0.5, 0.6) is 0 Å². The van der Waals surface area contributed by atoms with Crippen LogP contribution < -0.4 is 10.6 Å². The third-order valence-corrected chi connectivity index (χ3v) is 4.57. The molecule has 0 radical (unpaired) electrons. The minimum atomic E-state index is -0.797. The standard InChI is InChI=1S/C18H22N6O3/c1-10-9-14(21-17(27)16(26)20-13-7-5-4-6-8-13)24(23-10)18-19-12(3)11(2)15(25)22-18/h9,13H,2,4-8H2,1,3H3,(H,20,26)(H,21,27). The monoisotopic (exact) mass is 370 g/mol. The fourth-order valence-corrected chi connectivity index (χ4v) is 3.06. The predicted molar refractivity (Wildman–Crippen MR) is 101 cm³/mol. The van der Waals surface area contributed by atoms with Crippen molar-refractivity contribution < 1.29 is 14.4 Å². The summed E-state index contributed by atoms with van der Waals surface area (Å²) >= 11 is 0. The molecule has 0 saturated heterocycles. The largest absolute Gasteiger partial charge is 0.345 e. The Labute approximate surface area is 156 Å². The summed E-state index contributed by atoms with van der Waals surface area (Å²) in [5.74, 6) is -1.78. The molecule has 9 nitrogen and oxygen atoms in total. The molecule has 3 rings (SSSR count). The number of rotatable bonds is 2. The number of aromatic nitrogens is 2. The van der Waals surface area contributed by atoms with Gasteiger partial charge in [0.25, 0.3) is 11.9 Å². The molecular weight excluding hydrogens is 348 g/mol. The molecule has 0 atom stereocenters. The summed E-state index contributed by atoms with van der Waals surface area (Å²) in [6.45, 7) is 6.98. The lowest BCUT2D eigenvalue weighted by Crippen LogP contribution is -2.43. The lowest BCUT2D eigenvalue weighted by atomic mass is 9.95. The van der Waals surface area contributed by atoms with E-state index >= 15 is 0 Å². The number of carbonyl (C=O) groups excluding carboxylic acids is 3. The van der Waals surface area contributed by atoms with Gasteiger partial charge in [-0.1, -0.05) is 25.8 Å². The quantitative estimate of drug-likeness (QED) is 0.603. The molecule has 0 unspecified atom stereocenters. The highest BCUT2D eigenvalue weighted by atomic mass is 16.2. The number of nitrogens with one attached hydrogen (secondary N) is 2. The van der Waals surface area contributed by atoms with Crippen molar-refractivity contribution in [1.29, 1.82) is 0 Å². The van der Waals surface area contributed by atoms with Gasteiger partial charge in [0.05, 0.1) is 17.0 Å². The zero-order valence-corrected chi connectivity index (χ0v) is 15.4. The Morgan fingerprint density at radius 1 is 1.15 bits per heavy atom. The zero-order chi connectivity index (χ0) is 19.6. The van der Waals surface area contributed by atoms with Gasteiger partial charge in [0, 0.05) is 12.1 Å². The molecule has 142 valence electrons. The highest BCUT2D eigenvalue weighted by Gasteiger charge is 2.24. The van der Waals surface area contributed by atoms with Crippen LogP contribution >= 0.6 is 0 Å². The summed E-state index contributed by atoms with van der Waals surface area (Å²) in [6.07, 6.45) is 5.02. The van der Waals surface area contributed by atoms with Crippen LogP contribution in [0.4, 0.5) is 5.82 Å². The van der Waals surface area contributed by atoms with E-state index in [2.05, 4.69) is 32.3 Å². The number of hydrogen-bond acceptors (Lipinski definition) is 5. The van der Waals surface area contributed by atoms with Crippen LogP contribution in [0.15, 0.2) is 28.2 Å². The molecule has 2 heterocycles. The maximum Gasteiger partial charge on any atom is 0.314 e. The average molecular weight is 370 g/mol. The first-order valence-corrected chi connectivity index (χ1v) is 8.91. The van der Waals surface area contributed by atoms with Crippen LogP contribution in [-0.2, 0) is 14.4 Å². The van der Waals surface area contributed by atoms with E-state index in [9.17, 15) is 14.4 Å². The third kappa shape index (κ3) is 4.18. The van der Waals surface area contributed by atoms with Gasteiger partial charge >= 0.3 is 11.8 Å². The van der Waals surface area contributed by atoms with Gasteiger partial charge in [-0.3, -0.25) is 14.4 Å². The Morgan fingerprint density at radius 2 is 1.85 bits per heavy atom. The molecule has 3 amide bonds. The summed E-state index contributed by atoms with van der Waals surface area (Å²) in [7, 11) is 0. The van der Waals surface area contributed by atoms with E-state index in [1.54, 1.807) is 19.9 Å². The van der Waals surface area contributed by atoms with Crippen molar-refractivity contribution in [1.82, 2.24) is 15.1 Å². The lowest BCUT2D eigenvalue weighted by Gasteiger charge is -2.22. The van der Waals surface area contributed by atoms with E-state index in [1.165, 1.54) is 4.68 Å². The maximum absolute atomic E-state index is 12.3. The smallest absolute Gasteiger partial charge is 0.314 e. The Morgan fingerprint density at radius 3 is 2.52 bits per heavy atom. The second-order valence-corrected chi connectivity index (χ2v) is 6.74. The van der Waals surface area contributed by atoms with Crippen molar-refractivity contribution in [2.24, 2.45) is 9.98 Å². The SMILES string of the molecule is C=C1C(=O)N=C(n2nc(C)cc2NC(=O)C(=O)NC2CCCCC2)N=C1C. The summed E-state index contributed by atoms with van der Waals surface area (Å²) < 4.78 is 1.23. The van der Waals surface area contributed by atoms with E-state index < -0.39 is 17.7 Å². The minimum absolute atomic E-state index is 0.0148. The fraction of sp³-hybridized carbons (Fsp3) is 0.444. The summed E-state index contributed by atoms with van der Waals surface area (Å²) in [5.41, 5.74) is 1.20. The second kappa shape index (κ2) is 7.65. The summed E-state index contributed by atoms with van der Waals surface area (Å²) in [6, 6.07) is 1.61. The molecule has 1 aromatic rings. The van der Waals surface area contributed by atoms with Crippen LogP contribution in [0.2, 0.25) is 0 Å². The van der Waals surface area contributed by atoms with Gasteiger partial charge in [-0.05, 0) is 26.7 Å². The molecule has 1 saturated carbocycles. The normalized spacial score (nSPS) is 18.0. The lowest BCUT2D eigenvalue weighted by molar-refractivity contribution is -0.136. The number of hydrogen-bond donors (Lipinski definition) is 2. The van der Waals surface area contributed by atoms with E-state index in [1.807, 2.05) is 0 Å². The molecule has 0 aromatic carbocycles. The van der Waals surface area contributed by atoms with E-state index in [0.29, 0.717) is 11.4 Å². The van der Waals surface area contributed by atoms with Crippen LogP contribution in [0.25, 0.3) is 0 Å². The fourth-order valence-electron chi connectivity index (χ4n) is 3.06. The first kappa shape index (κ1) is 18.7. The van der Waals surface area contributed by atoms with E-state index in [-0.39, 0.29) is 23.4 Å². The molecule has 2 N–H and O–H groups in total. The Hall–Kier alpha value is -3.10. The van der Waals surface area contributed by atoms with Gasteiger partial charge in [0.2, 0.25) is 0 Å². The first-order chi connectivity index (χ1) is 12.8. The Kier molecular flexibility index (Phi) is 5.29. The maximum atomic E-state index is 12.3. The number of anilines is 1. The van der Waals surface area contributed by atoms with Crippen LogP contribution in [0.1, 0.15) is 44.7 Å². The molecule has 1 aromatic heterocycles. The average Bonchev–Trinajstić information content (AvgIpc) is 3.00. The Bertz CT molecular complexity index is 874.